The first-order chi connectivity index (χ1) is 13.6. The first-order valence-corrected chi connectivity index (χ1v) is 10.8. The summed E-state index contributed by atoms with van der Waals surface area (Å²) in [6.45, 7) is 7.75. The van der Waals surface area contributed by atoms with E-state index < -0.39 is 0 Å². The van der Waals surface area contributed by atoms with Gasteiger partial charge in [0.25, 0.3) is 5.91 Å². The molecule has 28 heavy (non-hydrogen) atoms. The van der Waals surface area contributed by atoms with Crippen molar-refractivity contribution in [2.45, 2.75) is 20.3 Å². The average Bonchev–Trinajstić information content (AvgIpc) is 2.96. The molecule has 4 rings (SSSR count). The van der Waals surface area contributed by atoms with E-state index in [1.165, 1.54) is 11.8 Å². The van der Waals surface area contributed by atoms with Crippen molar-refractivity contribution in [3.05, 3.63) is 40.3 Å². The second-order valence-corrected chi connectivity index (χ2v) is 8.66. The number of hydrogen-bond acceptors (Lipinski definition) is 6. The average molecular weight is 414 g/mol. The molecule has 7 heteroatoms. The minimum absolute atomic E-state index is 0.00545. The third-order valence-electron chi connectivity index (χ3n) is 4.97. The second-order valence-electron chi connectivity index (χ2n) is 6.98. The summed E-state index contributed by atoms with van der Waals surface area (Å²) in [5.41, 5.74) is 3.10. The molecule has 1 aromatic heterocycles. The number of carbonyl (C=O) groups is 1. The summed E-state index contributed by atoms with van der Waals surface area (Å²) in [6.07, 6.45) is 2.84. The van der Waals surface area contributed by atoms with Crippen molar-refractivity contribution < 1.29 is 9.53 Å². The number of fused-ring (bicyclic) bond motifs is 1. The topological polar surface area (TPSA) is 45.7 Å². The smallest absolute Gasteiger partial charge is 0.266 e. The maximum Gasteiger partial charge on any atom is 0.266 e. The summed E-state index contributed by atoms with van der Waals surface area (Å²) >= 11 is 6.79. The van der Waals surface area contributed by atoms with Gasteiger partial charge in [0, 0.05) is 30.6 Å². The van der Waals surface area contributed by atoms with Crippen LogP contribution in [0.5, 0.6) is 0 Å². The standard InChI is InChI=1S/C21H23N3O2S2/c1-3-7-24-20(25)17(28-21(24)27)13-16-12-15-6-4-5-14(2)18(15)22-19(16)23-8-10-26-11-9-23/h4-6,12-13H,3,7-11H2,1-2H3/b17-13-. The molecule has 0 bridgehead atoms. The molecule has 2 fully saturated rings. The van der Waals surface area contributed by atoms with Gasteiger partial charge in [0.15, 0.2) is 0 Å². The Hall–Kier alpha value is -1.96. The SMILES string of the molecule is CCCN1C(=O)/C(=C/c2cc3cccc(C)c3nc2N2CCOCC2)SC1=S. The predicted molar refractivity (Wildman–Crippen MR) is 120 cm³/mol. The highest BCUT2D eigenvalue weighted by molar-refractivity contribution is 8.26. The van der Waals surface area contributed by atoms with E-state index >= 15 is 0 Å². The van der Waals surface area contributed by atoms with E-state index in [0.717, 1.165) is 47.4 Å². The van der Waals surface area contributed by atoms with Crippen LogP contribution in [0.4, 0.5) is 5.82 Å². The van der Waals surface area contributed by atoms with Crippen LogP contribution in [0.3, 0.4) is 0 Å². The Labute approximate surface area is 174 Å². The number of para-hydroxylation sites is 1. The summed E-state index contributed by atoms with van der Waals surface area (Å²) in [5.74, 6) is 0.903. The third-order valence-corrected chi connectivity index (χ3v) is 6.35. The molecular formula is C21H23N3O2S2. The van der Waals surface area contributed by atoms with Gasteiger partial charge in [-0.1, -0.05) is 49.1 Å². The molecule has 1 amide bonds. The molecule has 0 radical (unpaired) electrons. The molecule has 0 saturated carbocycles. The number of pyridine rings is 1. The zero-order valence-electron chi connectivity index (χ0n) is 16.1. The molecule has 2 saturated heterocycles. The van der Waals surface area contributed by atoms with Crippen LogP contribution in [0.25, 0.3) is 17.0 Å². The van der Waals surface area contributed by atoms with Crippen LogP contribution in [-0.4, -0.2) is 53.0 Å². The monoisotopic (exact) mass is 413 g/mol. The van der Waals surface area contributed by atoms with Gasteiger partial charge in [-0.25, -0.2) is 4.98 Å². The number of ether oxygens (including phenoxy) is 1. The van der Waals surface area contributed by atoms with Gasteiger partial charge in [-0.15, -0.1) is 0 Å². The first-order valence-electron chi connectivity index (χ1n) is 9.57. The molecule has 0 spiro atoms. The molecule has 2 aliphatic heterocycles. The lowest BCUT2D eigenvalue weighted by atomic mass is 10.1. The van der Waals surface area contributed by atoms with Crippen LogP contribution in [0.1, 0.15) is 24.5 Å². The fraction of sp³-hybridized carbons (Fsp3) is 0.381. The van der Waals surface area contributed by atoms with Crippen LogP contribution in [0.15, 0.2) is 29.2 Å². The Morgan fingerprint density at radius 2 is 2.11 bits per heavy atom. The fourth-order valence-corrected chi connectivity index (χ4v) is 4.85. The number of aryl methyl sites for hydroxylation is 1. The van der Waals surface area contributed by atoms with Gasteiger partial charge in [-0.05, 0) is 31.1 Å². The lowest BCUT2D eigenvalue weighted by Gasteiger charge is -2.29. The zero-order valence-corrected chi connectivity index (χ0v) is 17.7. The van der Waals surface area contributed by atoms with Crippen LogP contribution in [-0.2, 0) is 9.53 Å². The summed E-state index contributed by atoms with van der Waals surface area (Å²) in [7, 11) is 0. The van der Waals surface area contributed by atoms with Gasteiger partial charge < -0.3 is 9.64 Å². The summed E-state index contributed by atoms with van der Waals surface area (Å²) < 4.78 is 6.15. The highest BCUT2D eigenvalue weighted by Crippen LogP contribution is 2.35. The number of carbonyl (C=O) groups excluding carboxylic acids is 1. The first kappa shape index (κ1) is 19.4. The van der Waals surface area contributed by atoms with Crippen LogP contribution < -0.4 is 4.90 Å². The van der Waals surface area contributed by atoms with Crippen molar-refractivity contribution in [1.29, 1.82) is 0 Å². The van der Waals surface area contributed by atoms with Crippen LogP contribution >= 0.6 is 24.0 Å². The molecule has 1 aromatic carbocycles. The molecule has 5 nitrogen and oxygen atoms in total. The predicted octanol–water partition coefficient (Wildman–Crippen LogP) is 3.99. The maximum atomic E-state index is 12.8. The summed E-state index contributed by atoms with van der Waals surface area (Å²) in [5, 5.41) is 1.08. The number of morpholine rings is 1. The van der Waals surface area contributed by atoms with E-state index in [-0.39, 0.29) is 5.91 Å². The van der Waals surface area contributed by atoms with E-state index in [1.54, 1.807) is 4.90 Å². The molecule has 0 atom stereocenters. The second kappa shape index (κ2) is 8.19. The maximum absolute atomic E-state index is 12.8. The Bertz CT molecular complexity index is 968. The minimum atomic E-state index is -0.00545. The molecular weight excluding hydrogens is 390 g/mol. The quantitative estimate of drug-likeness (QED) is 0.558. The number of aromatic nitrogens is 1. The number of amides is 1. The number of benzene rings is 1. The summed E-state index contributed by atoms with van der Waals surface area (Å²) in [6, 6.07) is 8.32. The normalized spacial score (nSPS) is 19.3. The fourth-order valence-electron chi connectivity index (χ4n) is 3.55. The highest BCUT2D eigenvalue weighted by atomic mass is 32.2. The molecule has 0 N–H and O–H groups in total. The lowest BCUT2D eigenvalue weighted by Crippen LogP contribution is -2.37. The van der Waals surface area contributed by atoms with Gasteiger partial charge in [-0.3, -0.25) is 9.69 Å². The Kier molecular flexibility index (Phi) is 5.66. The largest absolute Gasteiger partial charge is 0.378 e. The van der Waals surface area contributed by atoms with Gasteiger partial charge in [0.1, 0.15) is 10.1 Å². The number of thioether (sulfide) groups is 1. The number of hydrogen-bond donors (Lipinski definition) is 0. The minimum Gasteiger partial charge on any atom is -0.378 e. The third kappa shape index (κ3) is 3.66. The van der Waals surface area contributed by atoms with E-state index in [0.29, 0.717) is 29.0 Å². The zero-order chi connectivity index (χ0) is 19.7. The van der Waals surface area contributed by atoms with E-state index in [9.17, 15) is 4.79 Å². The van der Waals surface area contributed by atoms with Gasteiger partial charge in [0.2, 0.25) is 0 Å². The van der Waals surface area contributed by atoms with Gasteiger partial charge in [-0.2, -0.15) is 0 Å². The Morgan fingerprint density at radius 1 is 1.32 bits per heavy atom. The number of anilines is 1. The van der Waals surface area contributed by atoms with Gasteiger partial charge >= 0.3 is 0 Å². The van der Waals surface area contributed by atoms with Gasteiger partial charge in [0.05, 0.1) is 23.6 Å². The van der Waals surface area contributed by atoms with Crippen molar-refractivity contribution in [2.24, 2.45) is 0 Å². The van der Waals surface area contributed by atoms with Crippen LogP contribution in [0.2, 0.25) is 0 Å². The molecule has 146 valence electrons. The van der Waals surface area contributed by atoms with Crippen molar-refractivity contribution >= 4 is 57.0 Å². The number of thiocarbonyl (C=S) groups is 1. The molecule has 0 unspecified atom stereocenters. The van der Waals surface area contributed by atoms with Crippen molar-refractivity contribution in [3.63, 3.8) is 0 Å². The van der Waals surface area contributed by atoms with Crippen molar-refractivity contribution in [1.82, 2.24) is 9.88 Å². The summed E-state index contributed by atoms with van der Waals surface area (Å²) in [4.78, 5) is 22.4. The molecule has 2 aromatic rings. The van der Waals surface area contributed by atoms with E-state index in [4.69, 9.17) is 21.9 Å². The lowest BCUT2D eigenvalue weighted by molar-refractivity contribution is -0.122. The van der Waals surface area contributed by atoms with Crippen molar-refractivity contribution in [2.75, 3.05) is 37.7 Å². The Morgan fingerprint density at radius 3 is 2.86 bits per heavy atom. The van der Waals surface area contributed by atoms with E-state index in [2.05, 4.69) is 30.0 Å². The molecule has 3 heterocycles. The van der Waals surface area contributed by atoms with E-state index in [1.807, 2.05) is 19.1 Å². The number of rotatable bonds is 4. The highest BCUT2D eigenvalue weighted by Gasteiger charge is 2.31. The van der Waals surface area contributed by atoms with Crippen molar-refractivity contribution in [3.8, 4) is 0 Å². The molecule has 2 aliphatic rings. The Balaban J connectivity index is 1.81. The number of nitrogens with zero attached hydrogens (tertiary/aromatic N) is 3. The molecule has 0 aliphatic carbocycles. The van der Waals surface area contributed by atoms with Crippen LogP contribution in [0, 0.1) is 6.92 Å².